The van der Waals surface area contributed by atoms with Crippen LogP contribution in [0.5, 0.6) is 0 Å². The van der Waals surface area contributed by atoms with E-state index in [1.807, 2.05) is 0 Å². The van der Waals surface area contributed by atoms with Gasteiger partial charge in [-0.2, -0.15) is 0 Å². The highest BCUT2D eigenvalue weighted by Crippen LogP contribution is 2.27. The Balaban J connectivity index is 1.79. The van der Waals surface area contributed by atoms with Crippen LogP contribution < -0.4 is 10.9 Å². The van der Waals surface area contributed by atoms with Crippen molar-refractivity contribution in [2.45, 2.75) is 6.54 Å². The minimum Gasteiger partial charge on any atom is -0.323 e. The van der Waals surface area contributed by atoms with Gasteiger partial charge in [0.25, 0.3) is 11.2 Å². The van der Waals surface area contributed by atoms with E-state index in [1.54, 1.807) is 11.4 Å². The van der Waals surface area contributed by atoms with Crippen LogP contribution in [-0.2, 0) is 11.3 Å². The Hall–Kier alpha value is -2.59. The molecule has 122 valence electrons. The highest BCUT2D eigenvalue weighted by Gasteiger charge is 2.13. The summed E-state index contributed by atoms with van der Waals surface area (Å²) in [6, 6.07) is 5.66. The number of nitro benzene ring substituents is 1. The van der Waals surface area contributed by atoms with Crippen LogP contribution in [0, 0.1) is 10.1 Å². The first kappa shape index (κ1) is 16.3. The number of aromatic nitrogens is 2. The number of fused-ring (bicyclic) bond motifs is 1. The lowest BCUT2D eigenvalue weighted by molar-refractivity contribution is -0.384. The molecule has 0 spiro atoms. The molecule has 10 heteroatoms. The van der Waals surface area contributed by atoms with E-state index in [9.17, 15) is 19.7 Å². The highest BCUT2D eigenvalue weighted by molar-refractivity contribution is 9.10. The van der Waals surface area contributed by atoms with Crippen LogP contribution in [0.2, 0.25) is 0 Å². The van der Waals surface area contributed by atoms with Crippen LogP contribution in [-0.4, -0.2) is 20.4 Å². The first-order valence-corrected chi connectivity index (χ1v) is 8.29. The van der Waals surface area contributed by atoms with Crippen LogP contribution >= 0.6 is 27.3 Å². The van der Waals surface area contributed by atoms with Crippen LogP contribution in [0.25, 0.3) is 10.2 Å². The largest absolute Gasteiger partial charge is 0.323 e. The van der Waals surface area contributed by atoms with Crippen molar-refractivity contribution in [2.24, 2.45) is 0 Å². The number of nitrogens with one attached hydrogen (secondary N) is 1. The van der Waals surface area contributed by atoms with Crippen LogP contribution in [0.3, 0.4) is 0 Å². The summed E-state index contributed by atoms with van der Waals surface area (Å²) in [7, 11) is 0. The molecule has 1 N–H and O–H groups in total. The predicted molar refractivity (Wildman–Crippen MR) is 93.3 cm³/mol. The maximum atomic E-state index is 12.2. The second-order valence-corrected chi connectivity index (χ2v) is 6.54. The average molecular weight is 409 g/mol. The SMILES string of the molecule is O=C(Cn1cnc2sccc2c1=O)Nc1ccc([N+](=O)[O-])cc1Br. The van der Waals surface area contributed by atoms with E-state index in [2.05, 4.69) is 26.2 Å². The number of benzene rings is 1. The summed E-state index contributed by atoms with van der Waals surface area (Å²) in [4.78, 5) is 39.3. The second-order valence-electron chi connectivity index (χ2n) is 4.79. The molecule has 0 aliphatic carbocycles. The Labute approximate surface area is 147 Å². The van der Waals surface area contributed by atoms with Crippen molar-refractivity contribution >= 4 is 54.8 Å². The zero-order chi connectivity index (χ0) is 17.3. The van der Waals surface area contributed by atoms with Gasteiger partial charge < -0.3 is 5.32 Å². The standard InChI is InChI=1S/C14H9BrN4O4S/c15-10-5-8(19(22)23)1-2-11(10)17-12(20)6-18-7-16-13-9(14(18)21)3-4-24-13/h1-5,7H,6H2,(H,17,20). The molecular weight excluding hydrogens is 400 g/mol. The third kappa shape index (κ3) is 3.19. The Kier molecular flexibility index (Phi) is 4.40. The molecule has 24 heavy (non-hydrogen) atoms. The Morgan fingerprint density at radius 3 is 2.92 bits per heavy atom. The lowest BCUT2D eigenvalue weighted by Gasteiger charge is -2.08. The molecule has 8 nitrogen and oxygen atoms in total. The van der Waals surface area contributed by atoms with Gasteiger partial charge in [-0.3, -0.25) is 24.3 Å². The van der Waals surface area contributed by atoms with E-state index in [1.165, 1.54) is 40.4 Å². The number of thiophene rings is 1. The lowest BCUT2D eigenvalue weighted by Crippen LogP contribution is -2.27. The number of non-ortho nitro benzene ring substituents is 1. The number of amides is 1. The number of nitro groups is 1. The number of nitrogens with zero attached hydrogens (tertiary/aromatic N) is 3. The summed E-state index contributed by atoms with van der Waals surface area (Å²) >= 11 is 4.52. The first-order valence-electron chi connectivity index (χ1n) is 6.62. The van der Waals surface area contributed by atoms with E-state index >= 15 is 0 Å². The summed E-state index contributed by atoms with van der Waals surface area (Å²) in [5.74, 6) is -0.442. The quantitative estimate of drug-likeness (QED) is 0.527. The molecular formula is C14H9BrN4O4S. The van der Waals surface area contributed by atoms with E-state index in [4.69, 9.17) is 0 Å². The zero-order valence-electron chi connectivity index (χ0n) is 11.9. The van der Waals surface area contributed by atoms with Gasteiger partial charge in [-0.05, 0) is 33.4 Å². The Bertz CT molecular complexity index is 1010. The molecule has 1 aromatic carbocycles. The van der Waals surface area contributed by atoms with Crippen molar-refractivity contribution < 1.29 is 9.72 Å². The van der Waals surface area contributed by atoms with Crippen molar-refractivity contribution in [1.29, 1.82) is 0 Å². The van der Waals surface area contributed by atoms with Gasteiger partial charge in [0, 0.05) is 16.6 Å². The topological polar surface area (TPSA) is 107 Å². The molecule has 0 saturated heterocycles. The number of hydrogen-bond donors (Lipinski definition) is 1. The number of rotatable bonds is 4. The zero-order valence-corrected chi connectivity index (χ0v) is 14.3. The molecule has 0 saturated carbocycles. The van der Waals surface area contributed by atoms with Crippen LogP contribution in [0.1, 0.15) is 0 Å². The van der Waals surface area contributed by atoms with Gasteiger partial charge in [0.2, 0.25) is 5.91 Å². The minimum absolute atomic E-state index is 0.0943. The molecule has 2 aromatic heterocycles. The molecule has 3 aromatic rings. The maximum absolute atomic E-state index is 12.2. The highest BCUT2D eigenvalue weighted by atomic mass is 79.9. The lowest BCUT2D eigenvalue weighted by atomic mass is 10.3. The van der Waals surface area contributed by atoms with Gasteiger partial charge in [0.15, 0.2) is 0 Å². The van der Waals surface area contributed by atoms with Crippen molar-refractivity contribution in [3.8, 4) is 0 Å². The van der Waals surface area contributed by atoms with Crippen molar-refractivity contribution in [1.82, 2.24) is 9.55 Å². The Morgan fingerprint density at radius 2 is 2.21 bits per heavy atom. The summed E-state index contributed by atoms with van der Waals surface area (Å²) in [6.07, 6.45) is 1.33. The average Bonchev–Trinajstić information content (AvgIpc) is 3.01. The fourth-order valence-corrected chi connectivity index (χ4v) is 3.26. The summed E-state index contributed by atoms with van der Waals surface area (Å²) < 4.78 is 1.59. The predicted octanol–water partition coefficient (Wildman–Crippen LogP) is 2.77. The molecule has 2 heterocycles. The van der Waals surface area contributed by atoms with E-state index in [-0.39, 0.29) is 17.8 Å². The van der Waals surface area contributed by atoms with Crippen molar-refractivity contribution in [2.75, 3.05) is 5.32 Å². The van der Waals surface area contributed by atoms with Crippen LogP contribution in [0.4, 0.5) is 11.4 Å². The molecule has 1 amide bonds. The molecule has 0 fully saturated rings. The van der Waals surface area contributed by atoms with Crippen molar-refractivity contribution in [3.63, 3.8) is 0 Å². The first-order chi connectivity index (χ1) is 11.5. The van der Waals surface area contributed by atoms with Gasteiger partial charge in [-0.25, -0.2) is 4.98 Å². The van der Waals surface area contributed by atoms with E-state index in [0.29, 0.717) is 20.4 Å². The number of carbonyl (C=O) groups is 1. The number of carbonyl (C=O) groups excluding carboxylic acids is 1. The third-order valence-corrected chi connectivity index (χ3v) is 4.68. The van der Waals surface area contributed by atoms with E-state index in [0.717, 1.165) is 0 Å². The van der Waals surface area contributed by atoms with E-state index < -0.39 is 10.8 Å². The van der Waals surface area contributed by atoms with Gasteiger partial charge in [-0.15, -0.1) is 11.3 Å². The molecule has 0 bridgehead atoms. The molecule has 0 radical (unpaired) electrons. The monoisotopic (exact) mass is 408 g/mol. The molecule has 0 atom stereocenters. The second kappa shape index (κ2) is 6.49. The molecule has 0 aliphatic heterocycles. The molecule has 0 aliphatic rings. The fourth-order valence-electron chi connectivity index (χ4n) is 2.07. The summed E-state index contributed by atoms with van der Waals surface area (Å²) in [5, 5.41) is 15.5. The molecule has 3 rings (SSSR count). The fraction of sp³-hybridized carbons (Fsp3) is 0.0714. The third-order valence-electron chi connectivity index (χ3n) is 3.20. The number of hydrogen-bond acceptors (Lipinski definition) is 6. The smallest absolute Gasteiger partial charge is 0.270 e. The van der Waals surface area contributed by atoms with Gasteiger partial charge in [-0.1, -0.05) is 0 Å². The number of anilines is 1. The summed E-state index contributed by atoms with van der Waals surface area (Å²) in [6.45, 7) is -0.207. The Morgan fingerprint density at radius 1 is 1.42 bits per heavy atom. The van der Waals surface area contributed by atoms with Gasteiger partial charge in [0.05, 0.1) is 22.3 Å². The maximum Gasteiger partial charge on any atom is 0.270 e. The van der Waals surface area contributed by atoms with Gasteiger partial charge in [0.1, 0.15) is 11.4 Å². The molecule has 0 unspecified atom stereocenters. The summed E-state index contributed by atoms with van der Waals surface area (Å²) in [5.41, 5.74) is -0.00872. The minimum atomic E-state index is -0.530. The van der Waals surface area contributed by atoms with Crippen LogP contribution in [0.15, 0.2) is 45.2 Å². The number of halogens is 1. The van der Waals surface area contributed by atoms with Gasteiger partial charge >= 0.3 is 0 Å². The van der Waals surface area contributed by atoms with Crippen molar-refractivity contribution in [3.05, 3.63) is 60.9 Å². The normalized spacial score (nSPS) is 10.7.